The minimum Gasteiger partial charge on any atom is -0.382 e. The van der Waals surface area contributed by atoms with Gasteiger partial charge in [-0.05, 0) is 37.1 Å². The Morgan fingerprint density at radius 3 is 2.70 bits per heavy atom. The summed E-state index contributed by atoms with van der Waals surface area (Å²) in [7, 11) is -3.67. The molecule has 0 spiro atoms. The molecule has 1 heterocycles. The summed E-state index contributed by atoms with van der Waals surface area (Å²) in [5.74, 6) is 0. The summed E-state index contributed by atoms with van der Waals surface area (Å²) in [6.07, 6.45) is 7.54. The first-order chi connectivity index (χ1) is 11.1. The largest absolute Gasteiger partial charge is 0.382 e. The lowest BCUT2D eigenvalue weighted by Gasteiger charge is -2.24. The molecular formula is C17H20N3O2S. The lowest BCUT2D eigenvalue weighted by atomic mass is 9.95. The summed E-state index contributed by atoms with van der Waals surface area (Å²) in [6.45, 7) is 0. The van der Waals surface area contributed by atoms with E-state index in [0.717, 1.165) is 18.5 Å². The lowest BCUT2D eigenvalue weighted by molar-refractivity contribution is 0.463. The van der Waals surface area contributed by atoms with Crippen molar-refractivity contribution in [2.45, 2.75) is 43.2 Å². The number of aromatic nitrogens is 1. The Morgan fingerprint density at radius 1 is 1.13 bits per heavy atom. The average Bonchev–Trinajstić information content (AvgIpc) is 2.56. The minimum absolute atomic E-state index is 0.00891. The first kappa shape index (κ1) is 15.8. The maximum Gasteiger partial charge on any atom is 0.279 e. The summed E-state index contributed by atoms with van der Waals surface area (Å²) in [4.78, 5) is 3.89. The van der Waals surface area contributed by atoms with Gasteiger partial charge in [0.15, 0.2) is 5.03 Å². The van der Waals surface area contributed by atoms with E-state index in [9.17, 15) is 8.42 Å². The van der Waals surface area contributed by atoms with Crippen molar-refractivity contribution in [3.05, 3.63) is 48.7 Å². The van der Waals surface area contributed by atoms with Crippen LogP contribution in [0, 0.1) is 6.07 Å². The zero-order chi connectivity index (χ0) is 16.1. The number of sulfonamides is 1. The zero-order valence-corrected chi connectivity index (χ0v) is 13.6. The van der Waals surface area contributed by atoms with Crippen LogP contribution >= 0.6 is 0 Å². The third-order valence-corrected chi connectivity index (χ3v) is 5.23. The van der Waals surface area contributed by atoms with Crippen molar-refractivity contribution in [3.8, 4) is 0 Å². The van der Waals surface area contributed by atoms with Gasteiger partial charge in [-0.15, -0.1) is 0 Å². The fourth-order valence-electron chi connectivity index (χ4n) is 2.79. The molecular weight excluding hydrogens is 310 g/mol. The van der Waals surface area contributed by atoms with Crippen LogP contribution in [0.4, 0.5) is 11.4 Å². The molecule has 1 aliphatic rings. The summed E-state index contributed by atoms with van der Waals surface area (Å²) in [5, 5.41) is 3.45. The van der Waals surface area contributed by atoms with Crippen molar-refractivity contribution in [1.29, 1.82) is 0 Å². The summed E-state index contributed by atoms with van der Waals surface area (Å²) in [6, 6.07) is 13.6. The Hall–Kier alpha value is -2.08. The highest BCUT2D eigenvalue weighted by Gasteiger charge is 2.16. The molecule has 0 aliphatic heterocycles. The maximum atomic E-state index is 12.3. The van der Waals surface area contributed by atoms with Crippen molar-refractivity contribution in [1.82, 2.24) is 4.98 Å². The number of nitrogens with one attached hydrogen (secondary N) is 2. The van der Waals surface area contributed by atoms with E-state index in [1.807, 2.05) is 0 Å². The van der Waals surface area contributed by atoms with Crippen LogP contribution in [0.5, 0.6) is 0 Å². The van der Waals surface area contributed by atoms with Crippen LogP contribution in [-0.2, 0) is 10.0 Å². The number of rotatable bonds is 5. The van der Waals surface area contributed by atoms with E-state index >= 15 is 0 Å². The molecule has 23 heavy (non-hydrogen) atoms. The van der Waals surface area contributed by atoms with Gasteiger partial charge in [-0.3, -0.25) is 4.72 Å². The van der Waals surface area contributed by atoms with E-state index in [-0.39, 0.29) is 5.03 Å². The Balaban J connectivity index is 1.72. The van der Waals surface area contributed by atoms with E-state index in [4.69, 9.17) is 0 Å². The molecule has 0 saturated heterocycles. The van der Waals surface area contributed by atoms with Gasteiger partial charge in [0.1, 0.15) is 0 Å². The maximum absolute atomic E-state index is 12.3. The molecule has 1 aromatic carbocycles. The number of pyridine rings is 1. The fourth-order valence-corrected chi connectivity index (χ4v) is 3.79. The molecule has 1 aliphatic carbocycles. The summed E-state index contributed by atoms with van der Waals surface area (Å²) >= 11 is 0. The summed E-state index contributed by atoms with van der Waals surface area (Å²) < 4.78 is 27.2. The second kappa shape index (κ2) is 7.00. The molecule has 2 N–H and O–H groups in total. The molecule has 1 fully saturated rings. The van der Waals surface area contributed by atoms with Gasteiger partial charge < -0.3 is 5.32 Å². The molecule has 1 aromatic heterocycles. The quantitative estimate of drug-likeness (QED) is 0.881. The van der Waals surface area contributed by atoms with E-state index in [1.54, 1.807) is 30.3 Å². The molecule has 121 valence electrons. The Bertz CT molecular complexity index is 741. The van der Waals surface area contributed by atoms with Crippen molar-refractivity contribution in [2.75, 3.05) is 10.0 Å². The highest BCUT2D eigenvalue weighted by atomic mass is 32.2. The van der Waals surface area contributed by atoms with Crippen LogP contribution in [-0.4, -0.2) is 19.4 Å². The lowest BCUT2D eigenvalue weighted by Crippen LogP contribution is -2.22. The van der Waals surface area contributed by atoms with Crippen molar-refractivity contribution < 1.29 is 8.42 Å². The molecule has 0 amide bonds. The van der Waals surface area contributed by atoms with Gasteiger partial charge in [0.05, 0.1) is 5.69 Å². The van der Waals surface area contributed by atoms with E-state index in [0.29, 0.717) is 11.7 Å². The van der Waals surface area contributed by atoms with Crippen molar-refractivity contribution in [2.24, 2.45) is 0 Å². The normalized spacial score (nSPS) is 16.0. The molecule has 6 heteroatoms. The molecule has 0 unspecified atom stereocenters. The second-order valence-electron chi connectivity index (χ2n) is 5.74. The van der Waals surface area contributed by atoms with Gasteiger partial charge in [0.25, 0.3) is 10.0 Å². The van der Waals surface area contributed by atoms with Crippen LogP contribution in [0.15, 0.2) is 47.6 Å². The SMILES string of the molecule is O=S(=O)(Nc1cc[c]c(NC2CCCCC2)c1)c1ccccn1. The zero-order valence-electron chi connectivity index (χ0n) is 12.8. The third kappa shape index (κ3) is 4.22. The Labute approximate surface area is 137 Å². The molecule has 0 bridgehead atoms. The predicted octanol–water partition coefficient (Wildman–Crippen LogP) is 3.43. The highest BCUT2D eigenvalue weighted by Crippen LogP contribution is 2.23. The Morgan fingerprint density at radius 2 is 1.96 bits per heavy atom. The minimum atomic E-state index is -3.67. The molecule has 1 radical (unpaired) electrons. The highest BCUT2D eigenvalue weighted by molar-refractivity contribution is 7.92. The van der Waals surface area contributed by atoms with Crippen LogP contribution in [0.2, 0.25) is 0 Å². The fraction of sp³-hybridized carbons (Fsp3) is 0.353. The van der Waals surface area contributed by atoms with Crippen LogP contribution < -0.4 is 10.0 Å². The standard InChI is InChI=1S/C17H20N3O2S/c21-23(22,17-11-4-5-12-18-17)20-16-10-6-9-15(13-16)19-14-7-2-1-3-8-14/h4-6,10-14,19-20H,1-3,7-8H2. The number of anilines is 2. The number of nitrogens with zero attached hydrogens (tertiary/aromatic N) is 1. The van der Waals surface area contributed by atoms with Gasteiger partial charge >= 0.3 is 0 Å². The van der Waals surface area contributed by atoms with E-state index in [1.165, 1.54) is 31.5 Å². The number of hydrogen-bond acceptors (Lipinski definition) is 4. The number of hydrogen-bond donors (Lipinski definition) is 2. The van der Waals surface area contributed by atoms with Gasteiger partial charge in [-0.2, -0.15) is 8.42 Å². The molecule has 2 aromatic rings. The average molecular weight is 330 g/mol. The molecule has 0 atom stereocenters. The summed E-state index contributed by atoms with van der Waals surface area (Å²) in [5.41, 5.74) is 1.32. The van der Waals surface area contributed by atoms with Crippen molar-refractivity contribution >= 4 is 21.4 Å². The van der Waals surface area contributed by atoms with Crippen LogP contribution in [0.1, 0.15) is 32.1 Å². The molecule has 3 rings (SSSR count). The molecule has 1 saturated carbocycles. The monoisotopic (exact) mass is 330 g/mol. The third-order valence-electron chi connectivity index (χ3n) is 3.93. The predicted molar refractivity (Wildman–Crippen MR) is 90.8 cm³/mol. The van der Waals surface area contributed by atoms with Gasteiger partial charge in [0, 0.05) is 24.0 Å². The molecule has 5 nitrogen and oxygen atoms in total. The topological polar surface area (TPSA) is 71.1 Å². The first-order valence-electron chi connectivity index (χ1n) is 7.86. The smallest absolute Gasteiger partial charge is 0.279 e. The van der Waals surface area contributed by atoms with Gasteiger partial charge in [0.2, 0.25) is 0 Å². The van der Waals surface area contributed by atoms with Crippen LogP contribution in [0.25, 0.3) is 0 Å². The van der Waals surface area contributed by atoms with Crippen LogP contribution in [0.3, 0.4) is 0 Å². The number of benzene rings is 1. The van der Waals surface area contributed by atoms with E-state index < -0.39 is 10.0 Å². The first-order valence-corrected chi connectivity index (χ1v) is 9.34. The Kier molecular flexibility index (Phi) is 4.81. The second-order valence-corrected chi connectivity index (χ2v) is 7.37. The van der Waals surface area contributed by atoms with Gasteiger partial charge in [-0.25, -0.2) is 4.98 Å². The van der Waals surface area contributed by atoms with Gasteiger partial charge in [-0.1, -0.05) is 31.4 Å². The van der Waals surface area contributed by atoms with E-state index in [2.05, 4.69) is 21.1 Å². The van der Waals surface area contributed by atoms with Crippen molar-refractivity contribution in [3.63, 3.8) is 0 Å².